The van der Waals surface area contributed by atoms with Gasteiger partial charge >= 0.3 is 5.69 Å². The average Bonchev–Trinajstić information content (AvgIpc) is 3.60. The topological polar surface area (TPSA) is 99.2 Å². The van der Waals surface area contributed by atoms with Gasteiger partial charge in [0.25, 0.3) is 0 Å². The van der Waals surface area contributed by atoms with Crippen LogP contribution in [0.2, 0.25) is 0 Å². The lowest BCUT2D eigenvalue weighted by molar-refractivity contribution is 0.670. The Morgan fingerprint density at radius 1 is 1.03 bits per heavy atom. The average molecular weight is 455 g/mol. The number of hydrogen-bond acceptors (Lipinski definition) is 5. The van der Waals surface area contributed by atoms with Crippen LogP contribution in [0.4, 0.5) is 0 Å². The Morgan fingerprint density at radius 3 is 2.62 bits per heavy atom. The number of nitrogens with one attached hydrogen (secondary N) is 1. The van der Waals surface area contributed by atoms with Crippen LogP contribution in [-0.2, 0) is 20.0 Å². The van der Waals surface area contributed by atoms with E-state index in [2.05, 4.69) is 32.5 Å². The van der Waals surface area contributed by atoms with E-state index in [4.69, 9.17) is 0 Å². The number of tetrazole rings is 1. The largest absolute Gasteiger partial charge is 0.337 e. The molecule has 0 radical (unpaired) electrons. The fourth-order valence-electron chi connectivity index (χ4n) is 4.30. The molecule has 1 aromatic carbocycles. The number of benzene rings is 1. The van der Waals surface area contributed by atoms with Gasteiger partial charge in [-0.3, -0.25) is 14.1 Å². The molecule has 34 heavy (non-hydrogen) atoms. The summed E-state index contributed by atoms with van der Waals surface area (Å²) in [5.41, 5.74) is 4.71. The lowest BCUT2D eigenvalue weighted by atomic mass is 9.96. The molecule has 9 heteroatoms. The van der Waals surface area contributed by atoms with Crippen LogP contribution in [0.5, 0.6) is 0 Å². The number of aromatic nitrogens is 8. The monoisotopic (exact) mass is 454 g/mol. The Bertz CT molecular complexity index is 1460. The van der Waals surface area contributed by atoms with Crippen molar-refractivity contribution < 1.29 is 0 Å². The number of hydrogen-bond donors (Lipinski definition) is 1. The molecule has 0 atom stereocenters. The molecule has 0 unspecified atom stereocenters. The van der Waals surface area contributed by atoms with E-state index in [1.54, 1.807) is 10.8 Å². The number of unbranched alkanes of at least 4 members (excludes halogenated alkanes) is 1. The lowest BCUT2D eigenvalue weighted by Crippen LogP contribution is -2.26. The van der Waals surface area contributed by atoms with Crippen molar-refractivity contribution in [2.75, 3.05) is 0 Å². The van der Waals surface area contributed by atoms with E-state index in [1.165, 1.54) is 0 Å². The molecular formula is C25H26N8O. The third-order valence-corrected chi connectivity index (χ3v) is 6.05. The number of H-pyrrole nitrogens is 1. The van der Waals surface area contributed by atoms with Crippen LogP contribution in [0.25, 0.3) is 28.3 Å². The summed E-state index contributed by atoms with van der Waals surface area (Å²) in [5, 5.41) is 14.6. The Morgan fingerprint density at radius 2 is 1.88 bits per heavy atom. The predicted molar refractivity (Wildman–Crippen MR) is 130 cm³/mol. The molecule has 0 saturated heterocycles. The van der Waals surface area contributed by atoms with Crippen LogP contribution in [0.15, 0.2) is 72.0 Å². The van der Waals surface area contributed by atoms with Gasteiger partial charge in [0.05, 0.1) is 6.54 Å². The van der Waals surface area contributed by atoms with Crippen LogP contribution in [-0.4, -0.2) is 39.3 Å². The van der Waals surface area contributed by atoms with E-state index in [9.17, 15) is 4.79 Å². The highest BCUT2D eigenvalue weighted by Crippen LogP contribution is 2.32. The van der Waals surface area contributed by atoms with E-state index in [0.717, 1.165) is 53.0 Å². The van der Waals surface area contributed by atoms with Crippen LogP contribution >= 0.6 is 0 Å². The summed E-state index contributed by atoms with van der Waals surface area (Å²) in [5.74, 6) is 1.37. The van der Waals surface area contributed by atoms with Gasteiger partial charge in [-0.1, -0.05) is 37.6 Å². The van der Waals surface area contributed by atoms with Crippen LogP contribution in [0.1, 0.15) is 31.0 Å². The highest BCUT2D eigenvalue weighted by atomic mass is 16.1. The third kappa shape index (κ3) is 3.96. The normalized spacial score (nSPS) is 11.2. The van der Waals surface area contributed by atoms with Crippen LogP contribution < -0.4 is 5.69 Å². The summed E-state index contributed by atoms with van der Waals surface area (Å²) in [6, 6.07) is 13.8. The number of aromatic amines is 1. The molecule has 0 aliphatic rings. The van der Waals surface area contributed by atoms with Crippen LogP contribution in [0.3, 0.4) is 0 Å². The summed E-state index contributed by atoms with van der Waals surface area (Å²) >= 11 is 0. The van der Waals surface area contributed by atoms with Gasteiger partial charge < -0.3 is 4.57 Å². The molecule has 172 valence electrons. The van der Waals surface area contributed by atoms with E-state index in [1.807, 2.05) is 77.2 Å². The molecule has 0 amide bonds. The van der Waals surface area contributed by atoms with Crippen molar-refractivity contribution in [1.29, 1.82) is 0 Å². The summed E-state index contributed by atoms with van der Waals surface area (Å²) in [6.45, 7) is 2.57. The zero-order valence-corrected chi connectivity index (χ0v) is 19.2. The van der Waals surface area contributed by atoms with Crippen molar-refractivity contribution in [3.05, 3.63) is 89.0 Å². The lowest BCUT2D eigenvalue weighted by Gasteiger charge is -2.13. The number of pyridine rings is 1. The second-order valence-corrected chi connectivity index (χ2v) is 8.25. The number of aryl methyl sites for hydroxylation is 2. The molecule has 4 aromatic heterocycles. The van der Waals surface area contributed by atoms with Gasteiger partial charge in [0.15, 0.2) is 0 Å². The van der Waals surface area contributed by atoms with Crippen molar-refractivity contribution >= 4 is 0 Å². The minimum atomic E-state index is -0.0610. The molecule has 0 saturated carbocycles. The maximum absolute atomic E-state index is 13.6. The number of imidazole rings is 1. The Labute approximate surface area is 196 Å². The van der Waals surface area contributed by atoms with Gasteiger partial charge in [0.1, 0.15) is 5.82 Å². The Kier molecular flexibility index (Phi) is 5.90. The molecule has 0 aliphatic heterocycles. The highest BCUT2D eigenvalue weighted by molar-refractivity contribution is 5.81. The first-order valence-electron chi connectivity index (χ1n) is 11.4. The van der Waals surface area contributed by atoms with Crippen LogP contribution in [0, 0.1) is 0 Å². The minimum absolute atomic E-state index is 0.0610. The van der Waals surface area contributed by atoms with E-state index >= 15 is 0 Å². The van der Waals surface area contributed by atoms with Crippen molar-refractivity contribution in [3.63, 3.8) is 0 Å². The van der Waals surface area contributed by atoms with Gasteiger partial charge in [0, 0.05) is 43.1 Å². The molecule has 0 bridgehead atoms. The highest BCUT2D eigenvalue weighted by Gasteiger charge is 2.18. The van der Waals surface area contributed by atoms with Gasteiger partial charge in [-0.05, 0) is 52.9 Å². The maximum atomic E-state index is 13.6. The van der Waals surface area contributed by atoms with Crippen molar-refractivity contribution in [2.24, 2.45) is 7.05 Å². The van der Waals surface area contributed by atoms with Crippen molar-refractivity contribution in [3.8, 4) is 28.3 Å². The Hall–Kier alpha value is -4.27. The van der Waals surface area contributed by atoms with E-state index in [0.29, 0.717) is 12.4 Å². The summed E-state index contributed by atoms with van der Waals surface area (Å²) < 4.78 is 5.54. The Balaban J connectivity index is 1.61. The first-order chi connectivity index (χ1) is 16.7. The van der Waals surface area contributed by atoms with E-state index in [-0.39, 0.29) is 5.69 Å². The number of rotatable bonds is 8. The second-order valence-electron chi connectivity index (χ2n) is 8.25. The molecule has 0 spiro atoms. The summed E-state index contributed by atoms with van der Waals surface area (Å²) in [6.07, 6.45) is 10.4. The minimum Gasteiger partial charge on any atom is -0.337 e. The second kappa shape index (κ2) is 9.30. The summed E-state index contributed by atoms with van der Waals surface area (Å²) in [4.78, 5) is 17.9. The van der Waals surface area contributed by atoms with Gasteiger partial charge in [-0.2, -0.15) is 5.21 Å². The van der Waals surface area contributed by atoms with Gasteiger partial charge in [-0.25, -0.2) is 4.79 Å². The third-order valence-electron chi connectivity index (χ3n) is 6.05. The standard InChI is InChI=1S/C25H26N8O/c1-3-4-8-19-17-33(23-11-7-14-31(23)2)25(34)32(19)16-18-15-26-13-12-20(18)21-9-5-6-10-22(21)24-27-29-30-28-24/h5-7,9-15,17H,3-4,8,16H2,1-2H3,(H,27,28,29,30). The molecule has 1 N–H and O–H groups in total. The molecule has 5 rings (SSSR count). The quantitative estimate of drug-likeness (QED) is 0.386. The van der Waals surface area contributed by atoms with E-state index < -0.39 is 0 Å². The SMILES string of the molecule is CCCCc1cn(-c2cccn2C)c(=O)n1Cc1cnccc1-c1ccccc1-c1nn[nH]n1. The molecule has 0 fully saturated rings. The molecular weight excluding hydrogens is 428 g/mol. The maximum Gasteiger partial charge on any atom is 0.334 e. The predicted octanol–water partition coefficient (Wildman–Crippen LogP) is 3.61. The smallest absolute Gasteiger partial charge is 0.334 e. The summed E-state index contributed by atoms with van der Waals surface area (Å²) in [7, 11) is 1.94. The molecule has 4 heterocycles. The first-order valence-corrected chi connectivity index (χ1v) is 11.4. The van der Waals surface area contributed by atoms with Gasteiger partial charge in [0.2, 0.25) is 5.82 Å². The van der Waals surface area contributed by atoms with Gasteiger partial charge in [-0.15, -0.1) is 10.2 Å². The fourth-order valence-corrected chi connectivity index (χ4v) is 4.30. The zero-order chi connectivity index (χ0) is 23.5. The molecule has 9 nitrogen and oxygen atoms in total. The molecule has 5 aromatic rings. The molecule has 0 aliphatic carbocycles. The first kappa shape index (κ1) is 21.6. The van der Waals surface area contributed by atoms with Crippen molar-refractivity contribution in [1.82, 2.24) is 39.3 Å². The zero-order valence-electron chi connectivity index (χ0n) is 19.2. The van der Waals surface area contributed by atoms with Crippen molar-refractivity contribution in [2.45, 2.75) is 32.7 Å². The fraction of sp³-hybridized carbons (Fsp3) is 0.240. The number of nitrogens with zero attached hydrogens (tertiary/aromatic N) is 7.